The van der Waals surface area contributed by atoms with Crippen molar-refractivity contribution in [2.75, 3.05) is 23.7 Å². The van der Waals surface area contributed by atoms with E-state index < -0.39 is 0 Å². The Morgan fingerprint density at radius 1 is 1.29 bits per heavy atom. The lowest BCUT2D eigenvalue weighted by Gasteiger charge is -2.18. The molecule has 1 aromatic heterocycles. The molecule has 1 aliphatic heterocycles. The van der Waals surface area contributed by atoms with Gasteiger partial charge in [-0.05, 0) is 43.9 Å². The molecule has 2 heterocycles. The van der Waals surface area contributed by atoms with Crippen LogP contribution >= 0.6 is 11.3 Å². The van der Waals surface area contributed by atoms with Crippen molar-refractivity contribution in [2.45, 2.75) is 51.0 Å². The Morgan fingerprint density at radius 3 is 2.62 bits per heavy atom. The number of carbonyl (C=O) groups excluding carboxylic acids is 1. The second kappa shape index (κ2) is 4.90. The summed E-state index contributed by atoms with van der Waals surface area (Å²) in [5.74, 6) is 1.37. The van der Waals surface area contributed by atoms with E-state index >= 15 is 0 Å². The number of hydrogen-bond acceptors (Lipinski definition) is 4. The summed E-state index contributed by atoms with van der Waals surface area (Å²) in [6, 6.07) is 0.388. The number of thiophene rings is 1. The van der Waals surface area contributed by atoms with Crippen LogP contribution in [0.2, 0.25) is 0 Å². The Kier molecular flexibility index (Phi) is 3.14. The summed E-state index contributed by atoms with van der Waals surface area (Å²) >= 11 is 1.62. The van der Waals surface area contributed by atoms with Crippen molar-refractivity contribution >= 4 is 27.9 Å². The van der Waals surface area contributed by atoms with Crippen molar-refractivity contribution < 1.29 is 4.79 Å². The average Bonchev–Trinajstić information content (AvgIpc) is 3.36. The molecule has 4 nitrogen and oxygen atoms in total. The van der Waals surface area contributed by atoms with E-state index in [4.69, 9.17) is 5.73 Å². The summed E-state index contributed by atoms with van der Waals surface area (Å²) in [5, 5.41) is 4.36. The van der Waals surface area contributed by atoms with E-state index in [0.717, 1.165) is 42.4 Å². The van der Waals surface area contributed by atoms with Gasteiger partial charge in [-0.1, -0.05) is 6.92 Å². The Bertz CT molecular complexity index is 574. The largest absolute Gasteiger partial charge is 0.397 e. The molecule has 1 amide bonds. The molecule has 3 N–H and O–H groups in total. The number of nitrogens with two attached hydrogens (primary N) is 1. The summed E-state index contributed by atoms with van der Waals surface area (Å²) in [4.78, 5) is 15.6. The Balaban J connectivity index is 1.66. The highest BCUT2D eigenvalue weighted by Crippen LogP contribution is 2.52. The van der Waals surface area contributed by atoms with Gasteiger partial charge in [0.25, 0.3) is 5.91 Å². The van der Waals surface area contributed by atoms with E-state index in [0.29, 0.717) is 12.0 Å². The molecule has 3 fully saturated rings. The molecule has 0 radical (unpaired) electrons. The molecule has 0 bridgehead atoms. The van der Waals surface area contributed by atoms with Gasteiger partial charge in [0, 0.05) is 24.7 Å². The Morgan fingerprint density at radius 2 is 2.05 bits per heavy atom. The van der Waals surface area contributed by atoms with Gasteiger partial charge in [0.15, 0.2) is 0 Å². The molecule has 1 atom stereocenters. The first-order valence-electron chi connectivity index (χ1n) is 8.11. The van der Waals surface area contributed by atoms with Gasteiger partial charge in [0.2, 0.25) is 0 Å². The average molecular weight is 305 g/mol. The summed E-state index contributed by atoms with van der Waals surface area (Å²) < 4.78 is 0. The molecule has 21 heavy (non-hydrogen) atoms. The number of carbonyl (C=O) groups is 1. The zero-order chi connectivity index (χ0) is 14.6. The first-order chi connectivity index (χ1) is 10.1. The van der Waals surface area contributed by atoms with Gasteiger partial charge in [-0.15, -0.1) is 11.3 Å². The van der Waals surface area contributed by atoms with Crippen LogP contribution in [0.25, 0.3) is 0 Å². The van der Waals surface area contributed by atoms with Crippen LogP contribution in [0.5, 0.6) is 0 Å². The number of anilines is 2. The molecule has 4 rings (SSSR count). The zero-order valence-electron chi connectivity index (χ0n) is 12.5. The number of amides is 1. The second-order valence-electron chi connectivity index (χ2n) is 6.93. The van der Waals surface area contributed by atoms with Gasteiger partial charge in [0.1, 0.15) is 4.88 Å². The van der Waals surface area contributed by atoms with Crippen LogP contribution in [-0.2, 0) is 0 Å². The lowest BCUT2D eigenvalue weighted by molar-refractivity contribution is 0.0956. The van der Waals surface area contributed by atoms with Crippen LogP contribution in [0.1, 0.15) is 60.2 Å². The normalized spacial score (nSPS) is 25.4. The second-order valence-corrected chi connectivity index (χ2v) is 7.92. The van der Waals surface area contributed by atoms with Crippen molar-refractivity contribution in [2.24, 2.45) is 5.92 Å². The molecule has 0 spiro atoms. The third-order valence-electron chi connectivity index (χ3n) is 4.78. The summed E-state index contributed by atoms with van der Waals surface area (Å²) in [6.45, 7) is 4.50. The van der Waals surface area contributed by atoms with E-state index in [9.17, 15) is 4.79 Å². The van der Waals surface area contributed by atoms with Crippen molar-refractivity contribution in [1.29, 1.82) is 0 Å². The molecule has 3 aliphatic rings. The third kappa shape index (κ3) is 2.52. The smallest absolute Gasteiger partial charge is 0.263 e. The molecule has 0 aromatic carbocycles. The van der Waals surface area contributed by atoms with Crippen molar-refractivity contribution in [1.82, 2.24) is 5.32 Å². The number of nitrogen functional groups attached to an aromatic ring is 1. The predicted molar refractivity (Wildman–Crippen MR) is 87.2 cm³/mol. The van der Waals surface area contributed by atoms with Crippen LogP contribution in [0.4, 0.5) is 10.7 Å². The van der Waals surface area contributed by atoms with Crippen molar-refractivity contribution in [3.63, 3.8) is 0 Å². The van der Waals surface area contributed by atoms with E-state index in [1.54, 1.807) is 11.3 Å². The molecular weight excluding hydrogens is 282 g/mol. The minimum absolute atomic E-state index is 0.0420. The van der Waals surface area contributed by atoms with Gasteiger partial charge >= 0.3 is 0 Å². The fourth-order valence-electron chi connectivity index (χ4n) is 3.21. The number of nitrogens with one attached hydrogen (secondary N) is 1. The van der Waals surface area contributed by atoms with E-state index in [2.05, 4.69) is 17.1 Å². The molecular formula is C16H23N3OS. The van der Waals surface area contributed by atoms with Gasteiger partial charge in [-0.3, -0.25) is 4.79 Å². The van der Waals surface area contributed by atoms with E-state index in [-0.39, 0.29) is 5.91 Å². The van der Waals surface area contributed by atoms with Crippen LogP contribution < -0.4 is 16.0 Å². The Labute approximate surface area is 129 Å². The molecule has 114 valence electrons. The monoisotopic (exact) mass is 305 g/mol. The maximum absolute atomic E-state index is 12.4. The minimum Gasteiger partial charge on any atom is -0.397 e. The van der Waals surface area contributed by atoms with Gasteiger partial charge in [0.05, 0.1) is 10.7 Å². The number of hydrogen-bond donors (Lipinski definition) is 2. The quantitative estimate of drug-likeness (QED) is 0.899. The van der Waals surface area contributed by atoms with Gasteiger partial charge in [-0.25, -0.2) is 0 Å². The SMILES string of the molecule is CC1CCN(c2sc(C(=O)NC3CC3)c(N)c2C2CC2)C1. The minimum atomic E-state index is 0.0420. The van der Waals surface area contributed by atoms with Crippen LogP contribution in [0.3, 0.4) is 0 Å². The number of rotatable bonds is 4. The van der Waals surface area contributed by atoms with E-state index in [1.807, 2.05) is 0 Å². The van der Waals surface area contributed by atoms with E-state index in [1.165, 1.54) is 29.8 Å². The summed E-state index contributed by atoms with van der Waals surface area (Å²) in [7, 11) is 0. The lowest BCUT2D eigenvalue weighted by atomic mass is 10.1. The maximum Gasteiger partial charge on any atom is 0.263 e. The highest BCUT2D eigenvalue weighted by Gasteiger charge is 2.36. The van der Waals surface area contributed by atoms with Crippen molar-refractivity contribution in [3.05, 3.63) is 10.4 Å². The highest BCUT2D eigenvalue weighted by molar-refractivity contribution is 7.18. The van der Waals surface area contributed by atoms with Crippen LogP contribution in [-0.4, -0.2) is 25.0 Å². The molecule has 1 unspecified atom stereocenters. The molecule has 2 saturated carbocycles. The van der Waals surface area contributed by atoms with Crippen LogP contribution in [0, 0.1) is 5.92 Å². The van der Waals surface area contributed by atoms with Gasteiger partial charge < -0.3 is 16.0 Å². The fourth-order valence-corrected chi connectivity index (χ4v) is 4.46. The number of nitrogens with zero attached hydrogens (tertiary/aromatic N) is 1. The molecule has 2 aliphatic carbocycles. The molecule has 1 aromatic rings. The zero-order valence-corrected chi connectivity index (χ0v) is 13.3. The summed E-state index contributed by atoms with van der Waals surface area (Å²) in [5.41, 5.74) is 8.40. The topological polar surface area (TPSA) is 58.4 Å². The van der Waals surface area contributed by atoms with Crippen LogP contribution in [0.15, 0.2) is 0 Å². The first kappa shape index (κ1) is 13.4. The highest BCUT2D eigenvalue weighted by atomic mass is 32.1. The maximum atomic E-state index is 12.4. The lowest BCUT2D eigenvalue weighted by Crippen LogP contribution is -2.25. The predicted octanol–water partition coefficient (Wildman–Crippen LogP) is 2.95. The fraction of sp³-hybridized carbons (Fsp3) is 0.688. The van der Waals surface area contributed by atoms with Crippen molar-refractivity contribution in [3.8, 4) is 0 Å². The van der Waals surface area contributed by atoms with Gasteiger partial charge in [-0.2, -0.15) is 0 Å². The molecule has 5 heteroatoms. The first-order valence-corrected chi connectivity index (χ1v) is 8.93. The summed E-state index contributed by atoms with van der Waals surface area (Å²) in [6.07, 6.45) is 5.92. The molecule has 1 saturated heterocycles. The Hall–Kier alpha value is -1.23. The standard InChI is InChI=1S/C16H23N3OS/c1-9-6-7-19(8-9)16-12(10-2-3-10)13(17)14(21-16)15(20)18-11-4-5-11/h9-11H,2-8,17H2,1H3,(H,18,20). The third-order valence-corrected chi connectivity index (χ3v) is 6.06.